The molecule has 0 saturated carbocycles. The van der Waals surface area contributed by atoms with E-state index >= 15 is 0 Å². The summed E-state index contributed by atoms with van der Waals surface area (Å²) in [6.07, 6.45) is 0. The summed E-state index contributed by atoms with van der Waals surface area (Å²) in [4.78, 5) is 0. The minimum Gasteiger partial charge on any atom is -0.394 e. The summed E-state index contributed by atoms with van der Waals surface area (Å²) in [6.45, 7) is 1.10. The Balaban J connectivity index is 2.48. The Labute approximate surface area is 93.3 Å². The second-order valence-electron chi connectivity index (χ2n) is 3.04. The molecule has 1 rings (SSSR count). The Kier molecular flexibility index (Phi) is 5.26. The van der Waals surface area contributed by atoms with Crippen molar-refractivity contribution in [2.24, 2.45) is 0 Å². The number of nitrogens with zero attached hydrogens (tertiary/aromatic N) is 1. The van der Waals surface area contributed by atoms with Gasteiger partial charge < -0.3 is 15.2 Å². The van der Waals surface area contributed by atoms with E-state index in [1.807, 2.05) is 0 Å². The molecular formula is C11H13FN2O2. The molecule has 2 N–H and O–H groups in total. The van der Waals surface area contributed by atoms with Gasteiger partial charge in [0.25, 0.3) is 0 Å². The molecule has 5 heteroatoms. The molecule has 0 fully saturated rings. The van der Waals surface area contributed by atoms with E-state index in [4.69, 9.17) is 15.1 Å². The van der Waals surface area contributed by atoms with Crippen molar-refractivity contribution < 1.29 is 14.2 Å². The van der Waals surface area contributed by atoms with Crippen LogP contribution in [-0.4, -0.2) is 31.5 Å². The Hall–Kier alpha value is -1.64. The average molecular weight is 224 g/mol. The normalized spacial score (nSPS) is 9.81. The molecule has 0 atom stereocenters. The van der Waals surface area contributed by atoms with E-state index in [0.29, 0.717) is 18.8 Å². The van der Waals surface area contributed by atoms with Crippen LogP contribution in [0.15, 0.2) is 18.2 Å². The van der Waals surface area contributed by atoms with Gasteiger partial charge in [0.05, 0.1) is 25.5 Å². The molecule has 86 valence electrons. The third-order valence-electron chi connectivity index (χ3n) is 1.92. The highest BCUT2D eigenvalue weighted by Gasteiger charge is 2.06. The lowest BCUT2D eigenvalue weighted by Gasteiger charge is -2.08. The number of rotatable bonds is 6. The third kappa shape index (κ3) is 3.50. The van der Waals surface area contributed by atoms with Gasteiger partial charge in [0.15, 0.2) is 0 Å². The van der Waals surface area contributed by atoms with Crippen molar-refractivity contribution in [3.05, 3.63) is 29.6 Å². The lowest BCUT2D eigenvalue weighted by Crippen LogP contribution is -2.12. The fourth-order valence-corrected chi connectivity index (χ4v) is 1.21. The molecule has 0 heterocycles. The fraction of sp³-hybridized carbons (Fsp3) is 0.364. The summed E-state index contributed by atoms with van der Waals surface area (Å²) >= 11 is 0. The predicted octanol–water partition coefficient (Wildman–Crippen LogP) is 1.12. The molecule has 1 aromatic rings. The maximum absolute atomic E-state index is 13.2. The van der Waals surface area contributed by atoms with Gasteiger partial charge in [-0.2, -0.15) is 5.26 Å². The van der Waals surface area contributed by atoms with Crippen LogP contribution in [0.4, 0.5) is 10.1 Å². The number of aliphatic hydroxyl groups excluding tert-OH is 1. The van der Waals surface area contributed by atoms with Crippen LogP contribution in [0, 0.1) is 17.1 Å². The number of benzene rings is 1. The minimum absolute atomic E-state index is 0.00431. The van der Waals surface area contributed by atoms with Gasteiger partial charge in [-0.1, -0.05) is 6.07 Å². The van der Waals surface area contributed by atoms with Crippen LogP contribution in [0.5, 0.6) is 0 Å². The number of aliphatic hydroxyl groups is 1. The molecule has 0 saturated heterocycles. The summed E-state index contributed by atoms with van der Waals surface area (Å²) in [7, 11) is 0. The monoisotopic (exact) mass is 224 g/mol. The first kappa shape index (κ1) is 12.4. The standard InChI is InChI=1S/C11H13FN2O2/c12-10-2-1-3-11(9(10)8-13)14-4-6-16-7-5-15/h1-3,14-15H,4-7H2. The van der Waals surface area contributed by atoms with E-state index in [2.05, 4.69) is 5.32 Å². The number of nitriles is 1. The Morgan fingerprint density at radius 3 is 2.94 bits per heavy atom. The largest absolute Gasteiger partial charge is 0.394 e. The highest BCUT2D eigenvalue weighted by molar-refractivity contribution is 5.57. The molecule has 1 aromatic carbocycles. The van der Waals surface area contributed by atoms with Crippen LogP contribution in [0.3, 0.4) is 0 Å². The zero-order valence-electron chi connectivity index (χ0n) is 8.74. The van der Waals surface area contributed by atoms with Crippen LogP contribution >= 0.6 is 0 Å². The molecule has 0 aliphatic heterocycles. The molecule has 0 amide bonds. The van der Waals surface area contributed by atoms with Gasteiger partial charge in [-0.05, 0) is 12.1 Å². The predicted molar refractivity (Wildman–Crippen MR) is 57.5 cm³/mol. The van der Waals surface area contributed by atoms with Gasteiger partial charge in [-0.15, -0.1) is 0 Å². The molecule has 4 nitrogen and oxygen atoms in total. The van der Waals surface area contributed by atoms with Crippen molar-refractivity contribution in [2.75, 3.05) is 31.7 Å². The smallest absolute Gasteiger partial charge is 0.143 e. The van der Waals surface area contributed by atoms with Gasteiger partial charge in [-0.25, -0.2) is 4.39 Å². The maximum Gasteiger partial charge on any atom is 0.143 e. The summed E-state index contributed by atoms with van der Waals surface area (Å²) in [5.74, 6) is -0.538. The van der Waals surface area contributed by atoms with E-state index in [1.54, 1.807) is 12.1 Å². The average Bonchev–Trinajstić information content (AvgIpc) is 2.29. The van der Waals surface area contributed by atoms with Gasteiger partial charge in [0.2, 0.25) is 0 Å². The Morgan fingerprint density at radius 2 is 2.25 bits per heavy atom. The fourth-order valence-electron chi connectivity index (χ4n) is 1.21. The van der Waals surface area contributed by atoms with Crippen molar-refractivity contribution in [1.29, 1.82) is 5.26 Å². The van der Waals surface area contributed by atoms with Crippen LogP contribution < -0.4 is 5.32 Å². The zero-order chi connectivity index (χ0) is 11.8. The van der Waals surface area contributed by atoms with E-state index < -0.39 is 5.82 Å². The summed E-state index contributed by atoms with van der Waals surface area (Å²) < 4.78 is 18.2. The maximum atomic E-state index is 13.2. The first-order chi connectivity index (χ1) is 7.79. The Morgan fingerprint density at radius 1 is 1.44 bits per heavy atom. The minimum atomic E-state index is -0.538. The van der Waals surface area contributed by atoms with E-state index in [1.165, 1.54) is 12.1 Å². The number of hydrogen-bond donors (Lipinski definition) is 2. The summed E-state index contributed by atoms with van der Waals surface area (Å²) in [6, 6.07) is 6.21. The van der Waals surface area contributed by atoms with Crippen molar-refractivity contribution >= 4 is 5.69 Å². The third-order valence-corrected chi connectivity index (χ3v) is 1.92. The lowest BCUT2D eigenvalue weighted by atomic mass is 10.2. The molecular weight excluding hydrogens is 211 g/mol. The molecule has 0 spiro atoms. The number of hydrogen-bond acceptors (Lipinski definition) is 4. The van der Waals surface area contributed by atoms with Crippen molar-refractivity contribution in [1.82, 2.24) is 0 Å². The molecule has 0 aliphatic carbocycles. The van der Waals surface area contributed by atoms with Crippen LogP contribution in [-0.2, 0) is 4.74 Å². The first-order valence-electron chi connectivity index (χ1n) is 4.90. The lowest BCUT2D eigenvalue weighted by molar-refractivity contribution is 0.0992. The SMILES string of the molecule is N#Cc1c(F)cccc1NCCOCCO. The highest BCUT2D eigenvalue weighted by Crippen LogP contribution is 2.17. The van der Waals surface area contributed by atoms with Crippen molar-refractivity contribution in [3.63, 3.8) is 0 Å². The highest BCUT2D eigenvalue weighted by atomic mass is 19.1. The van der Waals surface area contributed by atoms with E-state index in [0.717, 1.165) is 0 Å². The molecule has 0 unspecified atom stereocenters. The first-order valence-corrected chi connectivity index (χ1v) is 4.90. The number of anilines is 1. The van der Waals surface area contributed by atoms with E-state index in [-0.39, 0.29) is 18.8 Å². The molecule has 0 bridgehead atoms. The van der Waals surface area contributed by atoms with Gasteiger partial charge in [-0.3, -0.25) is 0 Å². The molecule has 0 aliphatic rings. The summed E-state index contributed by atoms with van der Waals surface area (Å²) in [5.41, 5.74) is 0.458. The molecule has 0 radical (unpaired) electrons. The van der Waals surface area contributed by atoms with Crippen LogP contribution in [0.2, 0.25) is 0 Å². The Bertz CT molecular complexity index is 377. The molecule has 0 aromatic heterocycles. The van der Waals surface area contributed by atoms with Gasteiger partial charge >= 0.3 is 0 Å². The van der Waals surface area contributed by atoms with Crippen molar-refractivity contribution in [2.45, 2.75) is 0 Å². The van der Waals surface area contributed by atoms with Crippen LogP contribution in [0.25, 0.3) is 0 Å². The van der Waals surface area contributed by atoms with E-state index in [9.17, 15) is 4.39 Å². The van der Waals surface area contributed by atoms with Gasteiger partial charge in [0, 0.05) is 6.54 Å². The summed E-state index contributed by atoms with van der Waals surface area (Å²) in [5, 5.41) is 20.1. The second kappa shape index (κ2) is 6.77. The van der Waals surface area contributed by atoms with Crippen molar-refractivity contribution in [3.8, 4) is 6.07 Å². The van der Waals surface area contributed by atoms with Crippen LogP contribution in [0.1, 0.15) is 5.56 Å². The molecule has 16 heavy (non-hydrogen) atoms. The number of nitrogens with one attached hydrogen (secondary N) is 1. The quantitative estimate of drug-likeness (QED) is 0.710. The second-order valence-corrected chi connectivity index (χ2v) is 3.04. The number of halogens is 1. The van der Waals surface area contributed by atoms with Gasteiger partial charge in [0.1, 0.15) is 17.4 Å². The number of ether oxygens (including phenoxy) is 1. The topological polar surface area (TPSA) is 65.3 Å². The zero-order valence-corrected chi connectivity index (χ0v) is 8.74.